The van der Waals surface area contributed by atoms with Gasteiger partial charge in [-0.05, 0) is 41.1 Å². The molecule has 0 radical (unpaired) electrons. The van der Waals surface area contributed by atoms with Crippen LogP contribution in [0.1, 0.15) is 13.3 Å². The molecule has 0 spiro atoms. The van der Waals surface area contributed by atoms with Crippen molar-refractivity contribution in [1.29, 1.82) is 0 Å². The van der Waals surface area contributed by atoms with Crippen molar-refractivity contribution in [3.63, 3.8) is 0 Å². The Morgan fingerprint density at radius 3 is 2.86 bits per heavy atom. The number of halogens is 1. The van der Waals surface area contributed by atoms with Gasteiger partial charge in [0.15, 0.2) is 5.82 Å². The molecule has 3 rings (SSSR count). The summed E-state index contributed by atoms with van der Waals surface area (Å²) >= 11 is 2.25. The number of benzene rings is 1. The predicted molar refractivity (Wildman–Crippen MR) is 94.3 cm³/mol. The quantitative estimate of drug-likeness (QED) is 0.681. The molecule has 5 heteroatoms. The number of anilines is 1. The average Bonchev–Trinajstić information content (AvgIpc) is 2.54. The van der Waals surface area contributed by atoms with E-state index in [2.05, 4.69) is 61.9 Å². The molecule has 0 aliphatic carbocycles. The Morgan fingerprint density at radius 2 is 2.00 bits per heavy atom. The molecule has 0 aliphatic heterocycles. The summed E-state index contributed by atoms with van der Waals surface area (Å²) in [6.07, 6.45) is 4.71. The van der Waals surface area contributed by atoms with Gasteiger partial charge in [-0.15, -0.1) is 0 Å². The number of para-hydroxylation sites is 1. The van der Waals surface area contributed by atoms with Crippen molar-refractivity contribution < 1.29 is 0 Å². The van der Waals surface area contributed by atoms with E-state index in [1.807, 2.05) is 24.4 Å². The molecule has 0 atom stereocenters. The first-order valence-electron chi connectivity index (χ1n) is 6.90. The van der Waals surface area contributed by atoms with Gasteiger partial charge < -0.3 is 5.32 Å². The van der Waals surface area contributed by atoms with Crippen molar-refractivity contribution in [2.24, 2.45) is 0 Å². The van der Waals surface area contributed by atoms with E-state index in [4.69, 9.17) is 0 Å². The van der Waals surface area contributed by atoms with Crippen LogP contribution in [0.3, 0.4) is 0 Å². The summed E-state index contributed by atoms with van der Waals surface area (Å²) in [7, 11) is 0. The van der Waals surface area contributed by atoms with Crippen LogP contribution in [0.25, 0.3) is 22.3 Å². The average molecular weight is 390 g/mol. The maximum absolute atomic E-state index is 4.66. The third kappa shape index (κ3) is 2.97. The minimum atomic E-state index is 0.707. The highest BCUT2D eigenvalue weighted by molar-refractivity contribution is 14.1. The number of pyridine rings is 1. The van der Waals surface area contributed by atoms with Crippen LogP contribution in [0, 0.1) is 3.57 Å². The summed E-state index contributed by atoms with van der Waals surface area (Å²) in [4.78, 5) is 13.6. The molecule has 0 saturated carbocycles. The second-order valence-electron chi connectivity index (χ2n) is 4.70. The highest BCUT2D eigenvalue weighted by atomic mass is 127. The number of rotatable bonds is 4. The van der Waals surface area contributed by atoms with E-state index in [1.165, 1.54) is 0 Å². The first-order chi connectivity index (χ1) is 10.3. The van der Waals surface area contributed by atoms with Crippen LogP contribution in [0.15, 0.2) is 42.7 Å². The maximum atomic E-state index is 4.66. The van der Waals surface area contributed by atoms with Crippen molar-refractivity contribution in [2.75, 3.05) is 11.9 Å². The van der Waals surface area contributed by atoms with E-state index < -0.39 is 0 Å². The lowest BCUT2D eigenvalue weighted by atomic mass is 10.1. The Bertz CT molecular complexity index is 768. The van der Waals surface area contributed by atoms with Crippen LogP contribution in [0.4, 0.5) is 5.82 Å². The van der Waals surface area contributed by atoms with Crippen LogP contribution in [-0.2, 0) is 0 Å². The van der Waals surface area contributed by atoms with Crippen LogP contribution in [-0.4, -0.2) is 21.5 Å². The van der Waals surface area contributed by atoms with Crippen LogP contribution in [0.5, 0.6) is 0 Å². The number of nitrogens with zero attached hydrogens (tertiary/aromatic N) is 3. The molecule has 2 aromatic heterocycles. The predicted octanol–water partition coefficient (Wildman–Crippen LogP) is 4.12. The van der Waals surface area contributed by atoms with Gasteiger partial charge in [-0.2, -0.15) is 0 Å². The summed E-state index contributed by atoms with van der Waals surface area (Å²) in [5, 5.41) is 4.44. The van der Waals surface area contributed by atoms with Crippen molar-refractivity contribution in [3.05, 3.63) is 46.3 Å². The van der Waals surface area contributed by atoms with Crippen LogP contribution < -0.4 is 5.32 Å². The zero-order valence-electron chi connectivity index (χ0n) is 11.7. The molecule has 0 bridgehead atoms. The van der Waals surface area contributed by atoms with Gasteiger partial charge >= 0.3 is 0 Å². The first kappa shape index (κ1) is 14.2. The van der Waals surface area contributed by atoms with Crippen molar-refractivity contribution >= 4 is 39.3 Å². The topological polar surface area (TPSA) is 50.7 Å². The van der Waals surface area contributed by atoms with Gasteiger partial charge in [-0.25, -0.2) is 9.97 Å². The monoisotopic (exact) mass is 390 g/mol. The van der Waals surface area contributed by atoms with Crippen molar-refractivity contribution in [1.82, 2.24) is 15.0 Å². The number of hydrogen-bond acceptors (Lipinski definition) is 4. The Labute approximate surface area is 137 Å². The lowest BCUT2D eigenvalue weighted by Gasteiger charge is -2.09. The molecule has 0 fully saturated rings. The largest absolute Gasteiger partial charge is 0.369 e. The van der Waals surface area contributed by atoms with Gasteiger partial charge in [0.1, 0.15) is 5.82 Å². The summed E-state index contributed by atoms with van der Waals surface area (Å²) < 4.78 is 1.03. The number of hydrogen-bond donors (Lipinski definition) is 1. The van der Waals surface area contributed by atoms with Crippen molar-refractivity contribution in [2.45, 2.75) is 13.3 Å². The summed E-state index contributed by atoms with van der Waals surface area (Å²) in [6.45, 7) is 3.04. The zero-order chi connectivity index (χ0) is 14.7. The van der Waals surface area contributed by atoms with E-state index in [0.29, 0.717) is 5.82 Å². The van der Waals surface area contributed by atoms with Gasteiger partial charge in [0.25, 0.3) is 0 Å². The summed E-state index contributed by atoms with van der Waals surface area (Å²) in [5.41, 5.74) is 1.90. The second-order valence-corrected chi connectivity index (χ2v) is 5.86. The molecular weight excluding hydrogens is 375 g/mol. The number of aromatic nitrogens is 3. The standard InChI is InChI=1S/C16H15IN4/c1-2-8-19-16-13(17)10-20-15(21-16)12-7-3-5-11-6-4-9-18-14(11)12/h3-7,9-10H,2,8H2,1H3,(H,19,20,21). The molecule has 1 aromatic carbocycles. The van der Waals surface area contributed by atoms with E-state index >= 15 is 0 Å². The highest BCUT2D eigenvalue weighted by Crippen LogP contribution is 2.26. The molecule has 0 unspecified atom stereocenters. The third-order valence-electron chi connectivity index (χ3n) is 3.16. The lowest BCUT2D eigenvalue weighted by molar-refractivity contribution is 0.963. The molecule has 0 saturated heterocycles. The third-order valence-corrected chi connectivity index (χ3v) is 3.95. The lowest BCUT2D eigenvalue weighted by Crippen LogP contribution is -2.05. The number of nitrogens with one attached hydrogen (secondary N) is 1. The molecule has 0 aliphatic rings. The first-order valence-corrected chi connectivity index (χ1v) is 7.98. The molecular formula is C16H15IN4. The van der Waals surface area contributed by atoms with E-state index in [-0.39, 0.29) is 0 Å². The Hall–Kier alpha value is -1.76. The Kier molecular flexibility index (Phi) is 4.28. The molecule has 21 heavy (non-hydrogen) atoms. The van der Waals surface area contributed by atoms with Gasteiger partial charge in [0, 0.05) is 29.9 Å². The Balaban J connectivity index is 2.10. The highest BCUT2D eigenvalue weighted by Gasteiger charge is 2.10. The van der Waals surface area contributed by atoms with Gasteiger partial charge in [-0.1, -0.05) is 25.1 Å². The van der Waals surface area contributed by atoms with Gasteiger partial charge in [0.05, 0.1) is 9.09 Å². The normalized spacial score (nSPS) is 10.8. The fourth-order valence-electron chi connectivity index (χ4n) is 2.15. The smallest absolute Gasteiger partial charge is 0.163 e. The zero-order valence-corrected chi connectivity index (χ0v) is 13.8. The minimum Gasteiger partial charge on any atom is -0.369 e. The van der Waals surface area contributed by atoms with E-state index in [9.17, 15) is 0 Å². The van der Waals surface area contributed by atoms with Gasteiger partial charge in [0.2, 0.25) is 0 Å². The fraction of sp³-hybridized carbons (Fsp3) is 0.188. The molecule has 4 nitrogen and oxygen atoms in total. The Morgan fingerprint density at radius 1 is 1.14 bits per heavy atom. The minimum absolute atomic E-state index is 0.707. The fourth-order valence-corrected chi connectivity index (χ4v) is 2.60. The molecule has 2 heterocycles. The van der Waals surface area contributed by atoms with E-state index in [1.54, 1.807) is 6.20 Å². The SMILES string of the molecule is CCCNc1nc(-c2cccc3cccnc23)ncc1I. The second kappa shape index (κ2) is 6.34. The van der Waals surface area contributed by atoms with Crippen LogP contribution in [0.2, 0.25) is 0 Å². The van der Waals surface area contributed by atoms with Gasteiger partial charge in [-0.3, -0.25) is 4.98 Å². The van der Waals surface area contributed by atoms with Crippen molar-refractivity contribution in [3.8, 4) is 11.4 Å². The molecule has 1 N–H and O–H groups in total. The van der Waals surface area contributed by atoms with Crippen LogP contribution >= 0.6 is 22.6 Å². The maximum Gasteiger partial charge on any atom is 0.163 e. The summed E-state index contributed by atoms with van der Waals surface area (Å²) in [6, 6.07) is 10.1. The van der Waals surface area contributed by atoms with E-state index in [0.717, 1.165) is 38.8 Å². The molecule has 0 amide bonds. The number of fused-ring (bicyclic) bond motifs is 1. The molecule has 106 valence electrons. The summed E-state index contributed by atoms with van der Waals surface area (Å²) in [5.74, 6) is 1.59. The molecule has 3 aromatic rings.